The molecular formula is C15H12Cl3NO. The summed E-state index contributed by atoms with van der Waals surface area (Å²) in [5.74, 6) is -0.197. The molecule has 0 aromatic heterocycles. The highest BCUT2D eigenvalue weighted by Crippen LogP contribution is 2.33. The van der Waals surface area contributed by atoms with Crippen LogP contribution in [0.4, 0.5) is 0 Å². The van der Waals surface area contributed by atoms with Crippen LogP contribution < -0.4 is 0 Å². The second-order valence-electron chi connectivity index (χ2n) is 4.37. The van der Waals surface area contributed by atoms with E-state index in [1.165, 1.54) is 0 Å². The average Bonchev–Trinajstić information content (AvgIpc) is 2.45. The van der Waals surface area contributed by atoms with Crippen molar-refractivity contribution in [3.05, 3.63) is 68.7 Å². The minimum absolute atomic E-state index is 0.184. The van der Waals surface area contributed by atoms with Crippen LogP contribution in [-0.2, 0) is 6.54 Å². The fraction of sp³-hybridized carbons (Fsp3) is 0.133. The smallest absolute Gasteiger partial charge is 0.255 e. The van der Waals surface area contributed by atoms with Gasteiger partial charge in [0, 0.05) is 13.6 Å². The second-order valence-corrected chi connectivity index (χ2v) is 5.53. The maximum Gasteiger partial charge on any atom is 0.255 e. The Morgan fingerprint density at radius 2 is 1.65 bits per heavy atom. The van der Waals surface area contributed by atoms with Crippen LogP contribution >= 0.6 is 34.8 Å². The highest BCUT2D eigenvalue weighted by Gasteiger charge is 2.18. The fourth-order valence-corrected chi connectivity index (χ4v) is 2.44. The molecule has 20 heavy (non-hydrogen) atoms. The molecule has 1 amide bonds. The van der Waals surface area contributed by atoms with Gasteiger partial charge in [-0.1, -0.05) is 65.1 Å². The summed E-state index contributed by atoms with van der Waals surface area (Å²) in [6.07, 6.45) is 0. The van der Waals surface area contributed by atoms with Gasteiger partial charge in [0.05, 0.1) is 20.6 Å². The average molecular weight is 329 g/mol. The Hall–Kier alpha value is -1.22. The third-order valence-corrected chi connectivity index (χ3v) is 4.17. The van der Waals surface area contributed by atoms with E-state index < -0.39 is 0 Å². The van der Waals surface area contributed by atoms with Gasteiger partial charge in [-0.15, -0.1) is 0 Å². The quantitative estimate of drug-likeness (QED) is 0.732. The molecule has 0 spiro atoms. The highest BCUT2D eigenvalue weighted by molar-refractivity contribution is 6.49. The third-order valence-electron chi connectivity index (χ3n) is 2.87. The van der Waals surface area contributed by atoms with Crippen molar-refractivity contribution in [3.63, 3.8) is 0 Å². The van der Waals surface area contributed by atoms with Crippen molar-refractivity contribution in [1.82, 2.24) is 4.90 Å². The van der Waals surface area contributed by atoms with Gasteiger partial charge in [-0.05, 0) is 17.7 Å². The minimum atomic E-state index is -0.197. The lowest BCUT2D eigenvalue weighted by Crippen LogP contribution is -2.26. The van der Waals surface area contributed by atoms with E-state index in [9.17, 15) is 4.79 Å². The molecule has 0 heterocycles. The number of hydrogen-bond donors (Lipinski definition) is 0. The standard InChI is InChI=1S/C15H12Cl3NO/c1-19(9-10-5-3-2-4-6-10)15(20)11-7-8-12(16)14(18)13(11)17/h2-8H,9H2,1H3. The normalized spacial score (nSPS) is 10.4. The second kappa shape index (κ2) is 6.49. The van der Waals surface area contributed by atoms with Gasteiger partial charge in [0.1, 0.15) is 0 Å². The maximum atomic E-state index is 12.4. The summed E-state index contributed by atoms with van der Waals surface area (Å²) < 4.78 is 0. The summed E-state index contributed by atoms with van der Waals surface area (Å²) in [7, 11) is 1.72. The Labute approximate surface area is 132 Å². The zero-order valence-corrected chi connectivity index (χ0v) is 13.0. The van der Waals surface area contributed by atoms with E-state index >= 15 is 0 Å². The van der Waals surface area contributed by atoms with Gasteiger partial charge >= 0.3 is 0 Å². The predicted octanol–water partition coefficient (Wildman–Crippen LogP) is 4.92. The van der Waals surface area contributed by atoms with E-state index in [1.807, 2.05) is 30.3 Å². The molecule has 5 heteroatoms. The molecule has 0 N–H and O–H groups in total. The molecule has 2 rings (SSSR count). The Morgan fingerprint density at radius 1 is 1.00 bits per heavy atom. The van der Waals surface area contributed by atoms with Crippen molar-refractivity contribution < 1.29 is 4.79 Å². The largest absolute Gasteiger partial charge is 0.337 e. The predicted molar refractivity (Wildman–Crippen MR) is 83.7 cm³/mol. The Morgan fingerprint density at radius 3 is 2.30 bits per heavy atom. The Balaban J connectivity index is 2.21. The van der Waals surface area contributed by atoms with Crippen molar-refractivity contribution in [1.29, 1.82) is 0 Å². The van der Waals surface area contributed by atoms with E-state index in [4.69, 9.17) is 34.8 Å². The lowest BCUT2D eigenvalue weighted by atomic mass is 10.1. The van der Waals surface area contributed by atoms with E-state index in [-0.39, 0.29) is 16.0 Å². The first-order chi connectivity index (χ1) is 9.50. The first kappa shape index (κ1) is 15.2. The molecule has 0 atom stereocenters. The molecule has 0 unspecified atom stereocenters. The monoisotopic (exact) mass is 327 g/mol. The summed E-state index contributed by atoms with van der Waals surface area (Å²) in [5, 5.41) is 0.718. The van der Waals surface area contributed by atoms with Crippen LogP contribution in [0, 0.1) is 0 Å². The lowest BCUT2D eigenvalue weighted by molar-refractivity contribution is 0.0785. The first-order valence-corrected chi connectivity index (χ1v) is 7.07. The molecule has 0 bridgehead atoms. The van der Waals surface area contributed by atoms with Gasteiger partial charge in [-0.2, -0.15) is 0 Å². The zero-order chi connectivity index (χ0) is 14.7. The number of amides is 1. The van der Waals surface area contributed by atoms with Crippen molar-refractivity contribution in [2.24, 2.45) is 0 Å². The number of nitrogens with zero attached hydrogens (tertiary/aromatic N) is 1. The summed E-state index contributed by atoms with van der Waals surface area (Å²) in [6.45, 7) is 0.496. The molecule has 0 saturated carbocycles. The fourth-order valence-electron chi connectivity index (χ4n) is 1.83. The molecule has 0 saturated heterocycles. The number of carbonyl (C=O) groups excluding carboxylic acids is 1. The number of halogens is 3. The van der Waals surface area contributed by atoms with Gasteiger partial charge in [0.25, 0.3) is 5.91 Å². The van der Waals surface area contributed by atoms with Crippen LogP contribution in [0.1, 0.15) is 15.9 Å². The molecule has 0 fully saturated rings. The summed E-state index contributed by atoms with van der Waals surface area (Å²) in [5.41, 5.74) is 1.39. The van der Waals surface area contributed by atoms with E-state index in [0.717, 1.165) is 5.56 Å². The SMILES string of the molecule is CN(Cc1ccccc1)C(=O)c1ccc(Cl)c(Cl)c1Cl. The van der Waals surface area contributed by atoms with Gasteiger partial charge in [-0.25, -0.2) is 0 Å². The van der Waals surface area contributed by atoms with Crippen LogP contribution in [0.5, 0.6) is 0 Å². The number of carbonyl (C=O) groups is 1. The first-order valence-electron chi connectivity index (χ1n) is 5.93. The maximum absolute atomic E-state index is 12.4. The number of rotatable bonds is 3. The number of hydrogen-bond acceptors (Lipinski definition) is 1. The third kappa shape index (κ3) is 3.26. The molecule has 0 aliphatic rings. The molecule has 0 aliphatic carbocycles. The van der Waals surface area contributed by atoms with Crippen molar-refractivity contribution in [3.8, 4) is 0 Å². The molecule has 104 valence electrons. The molecule has 2 aromatic carbocycles. The summed E-state index contributed by atoms with van der Waals surface area (Å²) >= 11 is 17.9. The van der Waals surface area contributed by atoms with Crippen molar-refractivity contribution >= 4 is 40.7 Å². The van der Waals surface area contributed by atoms with E-state index in [1.54, 1.807) is 24.1 Å². The molecule has 2 nitrogen and oxygen atoms in total. The Kier molecular flexibility index (Phi) is 4.92. The number of benzene rings is 2. The van der Waals surface area contributed by atoms with Gasteiger partial charge in [0.2, 0.25) is 0 Å². The molecular weight excluding hydrogens is 317 g/mol. The Bertz CT molecular complexity index is 629. The topological polar surface area (TPSA) is 20.3 Å². The van der Waals surface area contributed by atoms with Crippen LogP contribution in [0.3, 0.4) is 0 Å². The molecule has 0 aliphatic heterocycles. The van der Waals surface area contributed by atoms with Crippen molar-refractivity contribution in [2.75, 3.05) is 7.05 Å². The summed E-state index contributed by atoms with van der Waals surface area (Å²) in [4.78, 5) is 14.0. The summed E-state index contributed by atoms with van der Waals surface area (Å²) in [6, 6.07) is 12.9. The van der Waals surface area contributed by atoms with E-state index in [2.05, 4.69) is 0 Å². The van der Waals surface area contributed by atoms with Gasteiger partial charge < -0.3 is 4.90 Å². The van der Waals surface area contributed by atoms with Gasteiger partial charge in [-0.3, -0.25) is 4.79 Å². The highest BCUT2D eigenvalue weighted by atomic mass is 35.5. The minimum Gasteiger partial charge on any atom is -0.337 e. The van der Waals surface area contributed by atoms with Crippen LogP contribution in [-0.4, -0.2) is 17.9 Å². The lowest BCUT2D eigenvalue weighted by Gasteiger charge is -2.18. The van der Waals surface area contributed by atoms with Gasteiger partial charge in [0.15, 0.2) is 0 Å². The van der Waals surface area contributed by atoms with Crippen LogP contribution in [0.2, 0.25) is 15.1 Å². The molecule has 0 radical (unpaired) electrons. The van der Waals surface area contributed by atoms with Crippen LogP contribution in [0.15, 0.2) is 42.5 Å². The molecule has 2 aromatic rings. The van der Waals surface area contributed by atoms with E-state index in [0.29, 0.717) is 17.1 Å². The van der Waals surface area contributed by atoms with Crippen molar-refractivity contribution in [2.45, 2.75) is 6.54 Å². The zero-order valence-electron chi connectivity index (χ0n) is 10.7. The van der Waals surface area contributed by atoms with Crippen LogP contribution in [0.25, 0.3) is 0 Å².